The van der Waals surface area contributed by atoms with E-state index < -0.39 is 0 Å². The van der Waals surface area contributed by atoms with Gasteiger partial charge in [-0.2, -0.15) is 0 Å². The normalized spacial score (nSPS) is 19.2. The van der Waals surface area contributed by atoms with Crippen LogP contribution in [0.4, 0.5) is 0 Å². The molecule has 182 valence electrons. The van der Waals surface area contributed by atoms with E-state index >= 15 is 0 Å². The van der Waals surface area contributed by atoms with Crippen LogP contribution in [0.15, 0.2) is 30.3 Å². The summed E-state index contributed by atoms with van der Waals surface area (Å²) in [4.78, 5) is 12.5. The Bertz CT molecular complexity index is 594. The summed E-state index contributed by atoms with van der Waals surface area (Å²) in [5, 5.41) is 7.01. The van der Waals surface area contributed by atoms with E-state index in [0.29, 0.717) is 11.3 Å². The number of carbonyl (C=O) groups is 1. The van der Waals surface area contributed by atoms with Crippen molar-refractivity contribution in [3.8, 4) is 0 Å². The lowest BCUT2D eigenvalue weighted by Crippen LogP contribution is -2.45. The second kappa shape index (κ2) is 17.5. The molecule has 1 amide bonds. The van der Waals surface area contributed by atoms with Crippen molar-refractivity contribution >= 4 is 17.7 Å². The van der Waals surface area contributed by atoms with Gasteiger partial charge in [0.15, 0.2) is 0 Å². The topological polar surface area (TPSA) is 41.1 Å². The van der Waals surface area contributed by atoms with E-state index in [0.717, 1.165) is 18.7 Å². The maximum atomic E-state index is 12.5. The molecule has 1 aromatic rings. The highest BCUT2D eigenvalue weighted by Gasteiger charge is 2.32. The Kier molecular flexibility index (Phi) is 14.9. The molecule has 1 aliphatic rings. The van der Waals surface area contributed by atoms with E-state index in [4.69, 9.17) is 0 Å². The van der Waals surface area contributed by atoms with Crippen LogP contribution >= 0.6 is 11.8 Å². The number of nitrogens with one attached hydrogen (secondary N) is 2. The molecule has 0 saturated carbocycles. The fourth-order valence-corrected chi connectivity index (χ4v) is 5.87. The predicted octanol–water partition coefficient (Wildman–Crippen LogP) is 7.42. The Morgan fingerprint density at radius 1 is 0.906 bits per heavy atom. The van der Waals surface area contributed by atoms with Crippen LogP contribution in [0.5, 0.6) is 0 Å². The highest BCUT2D eigenvalue weighted by atomic mass is 32.2. The fourth-order valence-electron chi connectivity index (χ4n) is 4.52. The van der Waals surface area contributed by atoms with Gasteiger partial charge in [0.05, 0.1) is 11.4 Å². The molecule has 0 aliphatic carbocycles. The van der Waals surface area contributed by atoms with E-state index in [1.807, 2.05) is 11.8 Å². The first-order valence-corrected chi connectivity index (χ1v) is 14.5. The van der Waals surface area contributed by atoms with Gasteiger partial charge in [0.2, 0.25) is 5.91 Å². The number of benzene rings is 1. The molecule has 3 atom stereocenters. The van der Waals surface area contributed by atoms with Gasteiger partial charge < -0.3 is 5.32 Å². The number of thioether (sulfide) groups is 1. The first-order valence-electron chi connectivity index (χ1n) is 13.4. The lowest BCUT2D eigenvalue weighted by Gasteiger charge is -2.20. The minimum atomic E-state index is -0.0530. The number of unbranched alkanes of at least 4 members (excludes halogenated alkanes) is 13. The minimum absolute atomic E-state index is 0.0530. The van der Waals surface area contributed by atoms with Crippen LogP contribution in [-0.2, 0) is 4.79 Å². The average molecular weight is 461 g/mol. The standard InChI is InChI=1S/C28H48N2OS/c1-3-4-5-6-7-8-9-10-11-12-13-14-15-19-22-29-27(31)26-23-32-28(30-26)24(2)25-20-17-16-18-21-25/h16-18,20-21,24,26,28,30H,3-15,19,22-23H2,1-2H3,(H,29,31)/t24?,26-,28?/m0/s1. The van der Waals surface area contributed by atoms with Gasteiger partial charge in [0.1, 0.15) is 0 Å². The third-order valence-corrected chi connectivity index (χ3v) is 8.16. The van der Waals surface area contributed by atoms with Crippen LogP contribution in [0.2, 0.25) is 0 Å². The summed E-state index contributed by atoms with van der Waals surface area (Å²) in [6.45, 7) is 5.35. The Labute approximate surface area is 202 Å². The van der Waals surface area contributed by atoms with Gasteiger partial charge in [-0.15, -0.1) is 11.8 Å². The minimum Gasteiger partial charge on any atom is -0.355 e. The number of carbonyl (C=O) groups excluding carboxylic acids is 1. The third kappa shape index (κ3) is 11.2. The molecule has 1 saturated heterocycles. The maximum absolute atomic E-state index is 12.5. The summed E-state index contributed by atoms with van der Waals surface area (Å²) in [6, 6.07) is 10.5. The van der Waals surface area contributed by atoms with Crippen LogP contribution in [0.1, 0.15) is 115 Å². The summed E-state index contributed by atoms with van der Waals surface area (Å²) in [6.07, 6.45) is 19.1. The largest absolute Gasteiger partial charge is 0.355 e. The molecule has 0 bridgehead atoms. The molecule has 32 heavy (non-hydrogen) atoms. The zero-order chi connectivity index (χ0) is 22.9. The van der Waals surface area contributed by atoms with Crippen LogP contribution in [0.3, 0.4) is 0 Å². The monoisotopic (exact) mass is 460 g/mol. The van der Waals surface area contributed by atoms with E-state index in [1.54, 1.807) is 0 Å². The number of hydrogen-bond acceptors (Lipinski definition) is 3. The smallest absolute Gasteiger partial charge is 0.238 e. The van der Waals surface area contributed by atoms with E-state index in [1.165, 1.54) is 89.0 Å². The first kappa shape index (κ1) is 27.2. The molecule has 1 fully saturated rings. The molecule has 0 spiro atoms. The molecule has 2 unspecified atom stereocenters. The lowest BCUT2D eigenvalue weighted by molar-refractivity contribution is -0.122. The van der Waals surface area contributed by atoms with Crippen LogP contribution < -0.4 is 10.6 Å². The zero-order valence-corrected chi connectivity index (χ0v) is 21.6. The van der Waals surface area contributed by atoms with Crippen molar-refractivity contribution in [3.05, 3.63) is 35.9 Å². The zero-order valence-electron chi connectivity index (χ0n) is 20.7. The Morgan fingerprint density at radius 2 is 1.44 bits per heavy atom. The second-order valence-corrected chi connectivity index (χ2v) is 10.7. The van der Waals surface area contributed by atoms with Crippen LogP contribution in [0.25, 0.3) is 0 Å². The van der Waals surface area contributed by atoms with Gasteiger partial charge in [-0.1, -0.05) is 128 Å². The molecular weight excluding hydrogens is 412 g/mol. The van der Waals surface area contributed by atoms with E-state index in [9.17, 15) is 4.79 Å². The SMILES string of the molecule is CCCCCCCCCCCCCCCCNC(=O)[C@@H]1CSC(C(C)c2ccccc2)N1. The third-order valence-electron chi connectivity index (χ3n) is 6.73. The van der Waals surface area contributed by atoms with Gasteiger partial charge in [-0.3, -0.25) is 10.1 Å². The molecular formula is C28H48N2OS. The first-order chi connectivity index (χ1) is 15.7. The van der Waals surface area contributed by atoms with Crippen molar-refractivity contribution in [3.63, 3.8) is 0 Å². The van der Waals surface area contributed by atoms with Gasteiger partial charge in [-0.25, -0.2) is 0 Å². The van der Waals surface area contributed by atoms with Gasteiger partial charge in [0.25, 0.3) is 0 Å². The Balaban J connectivity index is 1.40. The van der Waals surface area contributed by atoms with E-state index in [-0.39, 0.29) is 11.9 Å². The van der Waals surface area contributed by atoms with Gasteiger partial charge in [-0.05, 0) is 12.0 Å². The molecule has 0 aromatic heterocycles. The maximum Gasteiger partial charge on any atom is 0.238 e. The predicted molar refractivity (Wildman–Crippen MR) is 141 cm³/mol. The quantitative estimate of drug-likeness (QED) is 0.224. The molecule has 2 rings (SSSR count). The number of rotatable bonds is 18. The highest BCUT2D eigenvalue weighted by Crippen LogP contribution is 2.31. The van der Waals surface area contributed by atoms with Crippen LogP contribution in [-0.4, -0.2) is 29.6 Å². The fraction of sp³-hybridized carbons (Fsp3) is 0.750. The summed E-state index contributed by atoms with van der Waals surface area (Å²) >= 11 is 1.87. The van der Waals surface area contributed by atoms with Crippen molar-refractivity contribution in [2.24, 2.45) is 0 Å². The summed E-state index contributed by atoms with van der Waals surface area (Å²) in [7, 11) is 0. The van der Waals surface area contributed by atoms with Gasteiger partial charge in [0, 0.05) is 18.2 Å². The van der Waals surface area contributed by atoms with Crippen LogP contribution in [0, 0.1) is 0 Å². The molecule has 3 nitrogen and oxygen atoms in total. The summed E-state index contributed by atoms with van der Waals surface area (Å²) in [5.41, 5.74) is 1.33. The van der Waals surface area contributed by atoms with Crippen molar-refractivity contribution in [1.29, 1.82) is 0 Å². The molecule has 1 heterocycles. The second-order valence-electron chi connectivity index (χ2n) is 9.56. The summed E-state index contributed by atoms with van der Waals surface area (Å²) < 4.78 is 0. The van der Waals surface area contributed by atoms with Crippen molar-refractivity contribution in [1.82, 2.24) is 10.6 Å². The lowest BCUT2D eigenvalue weighted by atomic mass is 10.0. The molecule has 4 heteroatoms. The Morgan fingerprint density at radius 3 is 2.00 bits per heavy atom. The molecule has 2 N–H and O–H groups in total. The number of amides is 1. The molecule has 1 aliphatic heterocycles. The summed E-state index contributed by atoms with van der Waals surface area (Å²) in [5.74, 6) is 1.45. The average Bonchev–Trinajstić information content (AvgIpc) is 3.32. The molecule has 0 radical (unpaired) electrons. The number of hydrogen-bond donors (Lipinski definition) is 2. The van der Waals surface area contributed by atoms with Crippen molar-refractivity contribution in [2.75, 3.05) is 12.3 Å². The van der Waals surface area contributed by atoms with Gasteiger partial charge >= 0.3 is 0 Å². The highest BCUT2D eigenvalue weighted by molar-refractivity contribution is 8.00. The Hall–Kier alpha value is -1.00. The van der Waals surface area contributed by atoms with Crippen molar-refractivity contribution < 1.29 is 4.79 Å². The van der Waals surface area contributed by atoms with Crippen molar-refractivity contribution in [2.45, 2.75) is 121 Å². The van der Waals surface area contributed by atoms with E-state index in [2.05, 4.69) is 54.8 Å². The molecule has 1 aromatic carbocycles.